The summed E-state index contributed by atoms with van der Waals surface area (Å²) in [6, 6.07) is 6.12. The van der Waals surface area contributed by atoms with E-state index in [4.69, 9.17) is 0 Å². The summed E-state index contributed by atoms with van der Waals surface area (Å²) < 4.78 is 23.4. The van der Waals surface area contributed by atoms with Crippen LogP contribution in [0.4, 0.5) is 0 Å². The van der Waals surface area contributed by atoms with E-state index in [1.165, 1.54) is 18.6 Å². The maximum atomic E-state index is 12.0. The highest BCUT2D eigenvalue weighted by Crippen LogP contribution is 2.13. The standard InChI is InChI=1S/C15H22N2O3S.ClH/c1-2-21(19,20)14-5-3-13(4-6-14)15(18)17-10-8-12-7-9-16-11-12;/h3-6,12,16H,2,7-11H2,1H3,(H,17,18);1H. The fourth-order valence-corrected chi connectivity index (χ4v) is 3.32. The van der Waals surface area contributed by atoms with Crippen molar-refractivity contribution in [1.29, 1.82) is 0 Å². The third-order valence-corrected chi connectivity index (χ3v) is 5.61. The Morgan fingerprint density at radius 3 is 2.55 bits per heavy atom. The van der Waals surface area contributed by atoms with E-state index < -0.39 is 9.84 Å². The molecule has 5 nitrogen and oxygen atoms in total. The van der Waals surface area contributed by atoms with Gasteiger partial charge in [0.25, 0.3) is 5.91 Å². The van der Waals surface area contributed by atoms with Crippen LogP contribution in [0.5, 0.6) is 0 Å². The van der Waals surface area contributed by atoms with Gasteiger partial charge in [-0.05, 0) is 56.1 Å². The molecule has 0 spiro atoms. The van der Waals surface area contributed by atoms with Crippen LogP contribution in [-0.2, 0) is 9.84 Å². The third kappa shape index (κ3) is 4.97. The van der Waals surface area contributed by atoms with Crippen LogP contribution in [-0.4, -0.2) is 39.7 Å². The fourth-order valence-electron chi connectivity index (χ4n) is 2.43. The van der Waals surface area contributed by atoms with Crippen molar-refractivity contribution in [3.63, 3.8) is 0 Å². The molecule has 0 saturated carbocycles. The van der Waals surface area contributed by atoms with Crippen LogP contribution >= 0.6 is 12.4 Å². The summed E-state index contributed by atoms with van der Waals surface area (Å²) in [6.45, 7) is 4.35. The van der Waals surface area contributed by atoms with Crippen LogP contribution in [0.1, 0.15) is 30.1 Å². The quantitative estimate of drug-likeness (QED) is 0.821. The monoisotopic (exact) mass is 346 g/mol. The van der Waals surface area contributed by atoms with Gasteiger partial charge >= 0.3 is 0 Å². The molecule has 7 heteroatoms. The Balaban J connectivity index is 0.00000242. The number of hydrogen-bond donors (Lipinski definition) is 2. The molecule has 2 N–H and O–H groups in total. The van der Waals surface area contributed by atoms with Gasteiger partial charge in [-0.2, -0.15) is 0 Å². The second-order valence-electron chi connectivity index (χ2n) is 5.33. The summed E-state index contributed by atoms with van der Waals surface area (Å²) in [5.41, 5.74) is 0.495. The van der Waals surface area contributed by atoms with Gasteiger partial charge in [0.05, 0.1) is 10.6 Å². The van der Waals surface area contributed by atoms with Crippen molar-refractivity contribution in [2.45, 2.75) is 24.7 Å². The lowest BCUT2D eigenvalue weighted by Crippen LogP contribution is -2.26. The van der Waals surface area contributed by atoms with E-state index in [1.54, 1.807) is 19.1 Å². The van der Waals surface area contributed by atoms with Gasteiger partial charge in [-0.3, -0.25) is 4.79 Å². The Bertz CT molecular complexity index is 581. The van der Waals surface area contributed by atoms with Crippen LogP contribution in [0.25, 0.3) is 0 Å². The number of amides is 1. The molecular weight excluding hydrogens is 324 g/mol. The van der Waals surface area contributed by atoms with Crippen molar-refractivity contribution in [3.05, 3.63) is 29.8 Å². The lowest BCUT2D eigenvalue weighted by molar-refractivity contribution is 0.0951. The van der Waals surface area contributed by atoms with Crippen molar-refractivity contribution in [2.24, 2.45) is 5.92 Å². The first kappa shape index (κ1) is 18.9. The highest BCUT2D eigenvalue weighted by Gasteiger charge is 2.15. The van der Waals surface area contributed by atoms with Gasteiger partial charge in [-0.25, -0.2) is 8.42 Å². The van der Waals surface area contributed by atoms with Gasteiger partial charge in [-0.1, -0.05) is 6.92 Å². The van der Waals surface area contributed by atoms with E-state index in [-0.39, 0.29) is 29.0 Å². The first-order valence-corrected chi connectivity index (χ1v) is 9.00. The molecule has 1 amide bonds. The Kier molecular flexibility index (Phi) is 7.32. The molecule has 1 aliphatic rings. The number of carbonyl (C=O) groups excluding carboxylic acids is 1. The molecule has 0 aliphatic carbocycles. The average molecular weight is 347 g/mol. The summed E-state index contributed by atoms with van der Waals surface area (Å²) in [4.78, 5) is 12.2. The van der Waals surface area contributed by atoms with E-state index in [1.807, 2.05) is 0 Å². The molecule has 1 aromatic carbocycles. The fraction of sp³-hybridized carbons (Fsp3) is 0.533. The maximum Gasteiger partial charge on any atom is 0.251 e. The number of nitrogens with one attached hydrogen (secondary N) is 2. The van der Waals surface area contributed by atoms with E-state index in [2.05, 4.69) is 10.6 Å². The smallest absolute Gasteiger partial charge is 0.251 e. The number of rotatable bonds is 6. The zero-order valence-corrected chi connectivity index (χ0v) is 14.3. The summed E-state index contributed by atoms with van der Waals surface area (Å²) in [6.07, 6.45) is 2.14. The lowest BCUT2D eigenvalue weighted by atomic mass is 10.1. The number of benzene rings is 1. The molecule has 1 unspecified atom stereocenters. The molecule has 0 aromatic heterocycles. The van der Waals surface area contributed by atoms with Gasteiger partial charge < -0.3 is 10.6 Å². The van der Waals surface area contributed by atoms with Gasteiger partial charge in [0.15, 0.2) is 9.84 Å². The van der Waals surface area contributed by atoms with Crippen LogP contribution in [0.15, 0.2) is 29.2 Å². The van der Waals surface area contributed by atoms with Crippen molar-refractivity contribution < 1.29 is 13.2 Å². The second kappa shape index (κ2) is 8.50. The van der Waals surface area contributed by atoms with Crippen molar-refractivity contribution in [1.82, 2.24) is 10.6 Å². The molecule has 22 heavy (non-hydrogen) atoms. The minimum Gasteiger partial charge on any atom is -0.352 e. The first-order chi connectivity index (χ1) is 10.0. The van der Waals surface area contributed by atoms with Gasteiger partial charge in [0.1, 0.15) is 0 Å². The maximum absolute atomic E-state index is 12.0. The largest absolute Gasteiger partial charge is 0.352 e. The van der Waals surface area contributed by atoms with E-state index in [9.17, 15) is 13.2 Å². The first-order valence-electron chi connectivity index (χ1n) is 7.34. The molecule has 1 aliphatic heterocycles. The number of carbonyl (C=O) groups is 1. The highest BCUT2D eigenvalue weighted by atomic mass is 35.5. The van der Waals surface area contributed by atoms with Crippen molar-refractivity contribution >= 4 is 28.2 Å². The number of halogens is 1. The van der Waals surface area contributed by atoms with Crippen LogP contribution in [0, 0.1) is 5.92 Å². The molecule has 1 saturated heterocycles. The molecule has 0 bridgehead atoms. The van der Waals surface area contributed by atoms with Crippen molar-refractivity contribution in [2.75, 3.05) is 25.4 Å². The summed E-state index contributed by atoms with van der Waals surface area (Å²) in [7, 11) is -3.21. The Morgan fingerprint density at radius 2 is 2.00 bits per heavy atom. The molecular formula is C15H23ClN2O3S. The average Bonchev–Trinajstić information content (AvgIpc) is 3.00. The molecule has 1 atom stereocenters. The van der Waals surface area contributed by atoms with Gasteiger partial charge in [0.2, 0.25) is 0 Å². The third-order valence-electron chi connectivity index (χ3n) is 3.86. The zero-order chi connectivity index (χ0) is 15.3. The molecule has 2 rings (SSSR count). The molecule has 1 fully saturated rings. The predicted molar refractivity (Wildman–Crippen MR) is 89.3 cm³/mol. The zero-order valence-electron chi connectivity index (χ0n) is 12.7. The second-order valence-corrected chi connectivity index (χ2v) is 7.61. The van der Waals surface area contributed by atoms with Crippen LogP contribution in [0.2, 0.25) is 0 Å². The lowest BCUT2D eigenvalue weighted by Gasteiger charge is -2.09. The Hall–Kier alpha value is -1.11. The normalized spacial score (nSPS) is 17.8. The van der Waals surface area contributed by atoms with Crippen LogP contribution in [0.3, 0.4) is 0 Å². The van der Waals surface area contributed by atoms with Crippen molar-refractivity contribution in [3.8, 4) is 0 Å². The van der Waals surface area contributed by atoms with E-state index in [0.717, 1.165) is 19.5 Å². The highest BCUT2D eigenvalue weighted by molar-refractivity contribution is 7.91. The molecule has 1 heterocycles. The minimum absolute atomic E-state index is 0. The predicted octanol–water partition coefficient (Wildman–Crippen LogP) is 1.63. The number of sulfone groups is 1. The molecule has 0 radical (unpaired) electrons. The van der Waals surface area contributed by atoms with E-state index in [0.29, 0.717) is 18.0 Å². The Morgan fingerprint density at radius 1 is 1.32 bits per heavy atom. The molecule has 1 aromatic rings. The van der Waals surface area contributed by atoms with Gasteiger partial charge in [-0.15, -0.1) is 12.4 Å². The number of hydrogen-bond acceptors (Lipinski definition) is 4. The van der Waals surface area contributed by atoms with E-state index >= 15 is 0 Å². The topological polar surface area (TPSA) is 75.3 Å². The van der Waals surface area contributed by atoms with Crippen LogP contribution < -0.4 is 10.6 Å². The summed E-state index contributed by atoms with van der Waals surface area (Å²) >= 11 is 0. The minimum atomic E-state index is -3.21. The molecule has 124 valence electrons. The SMILES string of the molecule is CCS(=O)(=O)c1ccc(C(=O)NCCC2CCNC2)cc1.Cl. The summed E-state index contributed by atoms with van der Waals surface area (Å²) in [5.74, 6) is 0.553. The summed E-state index contributed by atoms with van der Waals surface area (Å²) in [5, 5.41) is 6.18. The Labute approximate surface area is 138 Å². The van der Waals surface area contributed by atoms with Gasteiger partial charge in [0, 0.05) is 12.1 Å².